The molecule has 0 saturated heterocycles. The number of carbonyl (C=O) groups excluding carboxylic acids is 2. The predicted molar refractivity (Wildman–Crippen MR) is 148 cm³/mol. The van der Waals surface area contributed by atoms with Crippen molar-refractivity contribution in [3.8, 4) is 12.3 Å². The Morgan fingerprint density at radius 2 is 1.33 bits per heavy atom. The molecule has 0 aliphatic rings. The molecule has 2 aromatic heterocycles. The van der Waals surface area contributed by atoms with Gasteiger partial charge in [0, 0.05) is 11.3 Å². The van der Waals surface area contributed by atoms with Crippen LogP contribution in [-0.2, 0) is 9.59 Å². The van der Waals surface area contributed by atoms with Crippen LogP contribution in [0.15, 0.2) is 63.3 Å². The second kappa shape index (κ2) is 14.0. The average molecular weight is 557 g/mol. The topological polar surface area (TPSA) is 162 Å². The summed E-state index contributed by atoms with van der Waals surface area (Å²) in [7, 11) is 0. The fourth-order valence-corrected chi connectivity index (χ4v) is 5.31. The second-order valence-corrected chi connectivity index (χ2v) is 11.0. The maximum absolute atomic E-state index is 11.8. The fraction of sp³-hybridized carbons (Fsp3) is 0.0909. The van der Waals surface area contributed by atoms with Crippen molar-refractivity contribution in [2.24, 2.45) is 0 Å². The molecule has 0 saturated carbocycles. The van der Waals surface area contributed by atoms with Crippen molar-refractivity contribution in [1.82, 2.24) is 20.4 Å². The summed E-state index contributed by atoms with van der Waals surface area (Å²) in [6.07, 6.45) is 5.36. The van der Waals surface area contributed by atoms with E-state index < -0.39 is 0 Å². The van der Waals surface area contributed by atoms with E-state index >= 15 is 0 Å². The van der Waals surface area contributed by atoms with Gasteiger partial charge in [-0.05, 0) is 24.3 Å². The summed E-state index contributed by atoms with van der Waals surface area (Å²) in [5, 5.41) is 21.3. The molecule has 10 nitrogen and oxygen atoms in total. The molecule has 4 aromatic rings. The van der Waals surface area contributed by atoms with E-state index in [0.717, 1.165) is 5.69 Å². The van der Waals surface area contributed by atoms with Gasteiger partial charge < -0.3 is 22.1 Å². The zero-order chi connectivity index (χ0) is 25.8. The van der Waals surface area contributed by atoms with E-state index in [2.05, 4.69) is 36.9 Å². The Balaban J connectivity index is 0.000000202. The third-order valence-electron chi connectivity index (χ3n) is 3.91. The number of nitrogens with one attached hydrogen (secondary N) is 2. The third-order valence-corrected chi connectivity index (χ3v) is 7.68. The molecule has 0 aliphatic heterocycles. The number of rotatable bonds is 8. The number of hydrogen-bond donors (Lipinski definition) is 4. The first kappa shape index (κ1) is 27.0. The van der Waals surface area contributed by atoms with Gasteiger partial charge >= 0.3 is 0 Å². The Morgan fingerprint density at radius 1 is 0.806 bits per heavy atom. The highest BCUT2D eigenvalue weighted by Gasteiger charge is 2.09. The minimum absolute atomic E-state index is 0.0741. The molecule has 0 aliphatic carbocycles. The van der Waals surface area contributed by atoms with E-state index in [4.69, 9.17) is 17.9 Å². The van der Waals surface area contributed by atoms with E-state index in [-0.39, 0.29) is 17.6 Å². The van der Waals surface area contributed by atoms with Gasteiger partial charge in [-0.1, -0.05) is 82.4 Å². The number of hydrogen-bond acceptors (Lipinski definition) is 12. The molecule has 4 rings (SSSR count). The molecule has 0 bridgehead atoms. The van der Waals surface area contributed by atoms with E-state index in [1.807, 2.05) is 42.5 Å². The largest absolute Gasteiger partial charge is 0.374 e. The smallest absolute Gasteiger partial charge is 0.234 e. The van der Waals surface area contributed by atoms with Gasteiger partial charge in [-0.3, -0.25) is 9.59 Å². The normalized spacial score (nSPS) is 9.97. The van der Waals surface area contributed by atoms with Gasteiger partial charge in [0.15, 0.2) is 8.68 Å². The van der Waals surface area contributed by atoms with Crippen LogP contribution in [-0.4, -0.2) is 43.7 Å². The molecule has 14 heteroatoms. The number of thioether (sulfide) groups is 2. The number of amides is 2. The summed E-state index contributed by atoms with van der Waals surface area (Å²) in [6, 6.07) is 16.5. The maximum Gasteiger partial charge on any atom is 0.234 e. The van der Waals surface area contributed by atoms with Crippen LogP contribution in [0.4, 0.5) is 21.6 Å². The zero-order valence-electron chi connectivity index (χ0n) is 18.6. The number of nitrogens with zero attached hydrogens (tertiary/aromatic N) is 4. The molecule has 0 spiro atoms. The lowest BCUT2D eigenvalue weighted by molar-refractivity contribution is -0.114. The highest BCUT2D eigenvalue weighted by Crippen LogP contribution is 2.24. The number of para-hydroxylation sites is 2. The number of nitrogen functional groups attached to an aromatic ring is 2. The second-order valence-electron chi connectivity index (χ2n) is 6.54. The lowest BCUT2D eigenvalue weighted by Crippen LogP contribution is -2.14. The number of nitrogens with two attached hydrogens (primary N) is 2. The average Bonchev–Trinajstić information content (AvgIpc) is 3.50. The first-order chi connectivity index (χ1) is 17.4. The number of terminal acetylenes is 1. The number of anilines is 4. The molecular formula is C22H20N8O2S4. The van der Waals surface area contributed by atoms with Crippen molar-refractivity contribution < 1.29 is 9.59 Å². The summed E-state index contributed by atoms with van der Waals surface area (Å²) in [5.41, 5.74) is 13.0. The minimum Gasteiger partial charge on any atom is -0.374 e. The Bertz CT molecular complexity index is 1340. The van der Waals surface area contributed by atoms with Gasteiger partial charge in [0.25, 0.3) is 0 Å². The molecule has 184 valence electrons. The number of benzene rings is 2. The van der Waals surface area contributed by atoms with Gasteiger partial charge in [-0.25, -0.2) is 0 Å². The van der Waals surface area contributed by atoms with Crippen LogP contribution in [0.3, 0.4) is 0 Å². The van der Waals surface area contributed by atoms with Crippen LogP contribution in [0.1, 0.15) is 5.56 Å². The van der Waals surface area contributed by atoms with Gasteiger partial charge in [0.05, 0.1) is 17.2 Å². The Kier molecular flexibility index (Phi) is 10.5. The van der Waals surface area contributed by atoms with Gasteiger partial charge in [-0.2, -0.15) is 0 Å². The first-order valence-corrected chi connectivity index (χ1v) is 13.7. The van der Waals surface area contributed by atoms with Crippen molar-refractivity contribution in [3.05, 3.63) is 60.2 Å². The van der Waals surface area contributed by atoms with E-state index in [1.165, 1.54) is 46.2 Å². The summed E-state index contributed by atoms with van der Waals surface area (Å²) < 4.78 is 1.36. The van der Waals surface area contributed by atoms with Crippen molar-refractivity contribution in [2.45, 2.75) is 8.68 Å². The molecular weight excluding hydrogens is 537 g/mol. The molecule has 6 N–H and O–H groups in total. The zero-order valence-corrected chi connectivity index (χ0v) is 21.8. The van der Waals surface area contributed by atoms with Crippen LogP contribution in [0.2, 0.25) is 0 Å². The Hall–Kier alpha value is -3.64. The molecule has 2 heterocycles. The summed E-state index contributed by atoms with van der Waals surface area (Å²) in [4.78, 5) is 23.4. The quantitative estimate of drug-likeness (QED) is 0.186. The highest BCUT2D eigenvalue weighted by atomic mass is 32.2. The van der Waals surface area contributed by atoms with E-state index in [1.54, 1.807) is 12.1 Å². The van der Waals surface area contributed by atoms with E-state index in [9.17, 15) is 9.59 Å². The Morgan fingerprint density at radius 3 is 1.86 bits per heavy atom. The van der Waals surface area contributed by atoms with Crippen LogP contribution < -0.4 is 22.1 Å². The monoisotopic (exact) mass is 556 g/mol. The first-order valence-electron chi connectivity index (χ1n) is 10.1. The van der Waals surface area contributed by atoms with E-state index in [0.29, 0.717) is 35.9 Å². The predicted octanol–water partition coefficient (Wildman–Crippen LogP) is 3.68. The van der Waals surface area contributed by atoms with Crippen LogP contribution >= 0.6 is 46.2 Å². The molecule has 0 atom stereocenters. The Labute approximate surface area is 223 Å². The summed E-state index contributed by atoms with van der Waals surface area (Å²) in [6.45, 7) is 0. The van der Waals surface area contributed by atoms with Crippen LogP contribution in [0.25, 0.3) is 0 Å². The van der Waals surface area contributed by atoms with Crippen LogP contribution in [0.5, 0.6) is 0 Å². The molecule has 36 heavy (non-hydrogen) atoms. The lowest BCUT2D eigenvalue weighted by atomic mass is 10.2. The van der Waals surface area contributed by atoms with Crippen molar-refractivity contribution in [2.75, 3.05) is 33.6 Å². The highest BCUT2D eigenvalue weighted by molar-refractivity contribution is 8.02. The molecule has 2 amide bonds. The molecule has 0 radical (unpaired) electrons. The van der Waals surface area contributed by atoms with Crippen molar-refractivity contribution in [3.63, 3.8) is 0 Å². The van der Waals surface area contributed by atoms with Crippen LogP contribution in [0, 0.1) is 12.3 Å². The van der Waals surface area contributed by atoms with Gasteiger partial charge in [-0.15, -0.1) is 26.8 Å². The SMILES string of the molecule is C#Cc1ccccc1NC(=O)CSc1nnc(N)s1.Nc1nnc(SCC(=O)Nc2ccccc2)s1. The molecule has 0 unspecified atom stereocenters. The fourth-order valence-electron chi connectivity index (χ4n) is 2.43. The molecule has 2 aromatic carbocycles. The summed E-state index contributed by atoms with van der Waals surface area (Å²) >= 11 is 5.13. The van der Waals surface area contributed by atoms with Gasteiger partial charge in [0.2, 0.25) is 22.1 Å². The van der Waals surface area contributed by atoms with Gasteiger partial charge in [0.1, 0.15) is 0 Å². The third kappa shape index (κ3) is 9.19. The maximum atomic E-state index is 11.8. The minimum atomic E-state index is -0.151. The van der Waals surface area contributed by atoms with Crippen molar-refractivity contribution >= 4 is 79.6 Å². The number of carbonyl (C=O) groups is 2. The lowest BCUT2D eigenvalue weighted by Gasteiger charge is -2.06. The standard InChI is InChI=1S/C12H10N4OS2.C10H10N4OS2/c1-2-8-5-3-4-6-9(8)14-10(17)7-18-12-16-15-11(13)19-12;11-9-13-14-10(17-9)16-6-8(15)12-7-4-2-1-3-5-7/h1,3-6H,7H2,(H2,13,15)(H,14,17);1-5H,6H2,(H2,11,13)(H,12,15). The van der Waals surface area contributed by atoms with Crippen molar-refractivity contribution in [1.29, 1.82) is 0 Å². The molecule has 0 fully saturated rings. The number of aromatic nitrogens is 4. The summed E-state index contributed by atoms with van der Waals surface area (Å²) in [5.74, 6) is 2.82.